The maximum atomic E-state index is 13.4. The van der Waals surface area contributed by atoms with E-state index in [2.05, 4.69) is 70.2 Å². The topological polar surface area (TPSA) is 314 Å². The number of hydrogen-bond acceptors (Lipinski definition) is 18. The second-order valence-electron chi connectivity index (χ2n) is 27.2. The zero-order valence-electron chi connectivity index (χ0n) is 63.9. The predicted octanol–water partition coefficient (Wildman–Crippen LogP) is 8.92. The SMILES string of the molecule is COC(=O)c1ccc([C@H](C)NC(=O)c2c(C)nn3c2N(Cc2cccc(CCCF)c2)CC3)cc1.COC(=O)c1ccc([C@H](C)NC(=O)c2c(C)nn3c2N(Cc2cccc(CCCOS(C)(=O)=O)c2)CC3)cc1.Cc1nn2c(c1C(=O)N[C@@H](C)c1ccc(C(=O)O)cc1)N(Cc1cccc(CCCF)c1)CC2.[Na+].[OH-]. The number of nitrogens with zero attached hydrogens (tertiary/aromatic N) is 9. The number of methoxy groups -OCH3 is 2. The molecule has 3 amide bonds. The van der Waals surface area contributed by atoms with Crippen molar-refractivity contribution in [2.75, 3.05) is 74.8 Å². The summed E-state index contributed by atoms with van der Waals surface area (Å²) in [7, 11) is -0.749. The average Bonchev–Trinajstić information content (AvgIpc) is 1.63. The fourth-order valence-corrected chi connectivity index (χ4v) is 14.1. The number of anilines is 3. The Labute approximate surface area is 662 Å². The molecule has 3 aliphatic heterocycles. The predicted molar refractivity (Wildman–Crippen MR) is 410 cm³/mol. The molecule has 6 heterocycles. The zero-order chi connectivity index (χ0) is 77.3. The van der Waals surface area contributed by atoms with Crippen LogP contribution in [-0.4, -0.2) is 144 Å². The van der Waals surface area contributed by atoms with Crippen LogP contribution in [0.5, 0.6) is 0 Å². The third-order valence-corrected chi connectivity index (χ3v) is 19.8. The number of aromatic nitrogens is 6. The number of carbonyl (C=O) groups is 6. The molecule has 3 atom stereocenters. The number of benzene rings is 6. The van der Waals surface area contributed by atoms with Gasteiger partial charge in [0.1, 0.15) is 34.1 Å². The summed E-state index contributed by atoms with van der Waals surface area (Å²) < 4.78 is 67.5. The fourth-order valence-electron chi connectivity index (χ4n) is 13.7. The number of ether oxygens (including phenoxy) is 2. The largest absolute Gasteiger partial charge is 1.00 e. The van der Waals surface area contributed by atoms with E-state index < -0.39 is 28.0 Å². The molecular weight excluding hydrogens is 1440 g/mol. The number of hydrogen-bond donors (Lipinski definition) is 4. The first-order valence-electron chi connectivity index (χ1n) is 36.1. The molecule has 3 aromatic heterocycles. The second kappa shape index (κ2) is 39.5. The zero-order valence-corrected chi connectivity index (χ0v) is 66.7. The van der Waals surface area contributed by atoms with Gasteiger partial charge in [-0.15, -0.1) is 0 Å². The van der Waals surface area contributed by atoms with Crippen LogP contribution in [0.15, 0.2) is 146 Å². The molecule has 6 aromatic carbocycles. The third-order valence-electron chi connectivity index (χ3n) is 19.2. The van der Waals surface area contributed by atoms with E-state index in [0.29, 0.717) is 116 Å². The summed E-state index contributed by atoms with van der Waals surface area (Å²) in [5.41, 5.74) is 14.1. The molecule has 29 heteroatoms. The standard InChI is InChI=1S/C28H34N4O6S.C27H31FN4O3.C26H29FN4O3.Na.H2O/c1-19(23-10-12-24(13-11-23)28(34)37-3)29-26(33)25-20(2)30-32-15-14-31(27(25)32)18-22-8-5-7-21(17-22)9-6-16-38-39(4,35)36;1-18(22-9-11-23(12-10-22)27(34)35-3)29-25(33)24-19(2)30-32-15-14-31(26(24)32)17-21-7-4-6-20(16-21)8-5-13-28;1-17(21-8-10-22(11-9-21)26(33)34)28-24(32)23-18(2)29-31-14-13-30(25(23)31)16-20-6-3-5-19(15-20)7-4-12-27;;/h5,7-8,10-13,17,19H,6,9,14-16,18H2,1-4H3,(H,29,33);4,6-7,9-12,16,18H,5,8,13-15,17H2,1-3H3,(H,29,33);3,5-6,8-11,15,17H,4,7,12-14,16H2,1-2H3,(H,28,32)(H,33,34);;1H2/q;;;+1;/p-1/t19-;18-;17-;;/m000../s1. The van der Waals surface area contributed by atoms with Crippen LogP contribution in [0, 0.1) is 20.8 Å². The smallest absolute Gasteiger partial charge is 0.870 e. The number of esters is 2. The molecule has 0 unspecified atom stereocenters. The molecule has 9 aromatic rings. The van der Waals surface area contributed by atoms with Crippen molar-refractivity contribution in [3.8, 4) is 0 Å². The molecule has 5 N–H and O–H groups in total. The number of amides is 3. The minimum Gasteiger partial charge on any atom is -0.870 e. The van der Waals surface area contributed by atoms with Crippen molar-refractivity contribution in [2.45, 2.75) is 137 Å². The average molecular weight is 1540 g/mol. The van der Waals surface area contributed by atoms with E-state index in [1.54, 1.807) is 48.5 Å². The van der Waals surface area contributed by atoms with Crippen LogP contribution in [0.3, 0.4) is 0 Å². The van der Waals surface area contributed by atoms with Gasteiger partial charge in [-0.2, -0.15) is 23.7 Å². The van der Waals surface area contributed by atoms with Crippen molar-refractivity contribution >= 4 is 63.2 Å². The molecule has 12 rings (SSSR count). The molecule has 578 valence electrons. The summed E-state index contributed by atoms with van der Waals surface area (Å²) in [5, 5.41) is 32.1. The normalized spacial score (nSPS) is 13.3. The third kappa shape index (κ3) is 21.9. The number of aryl methyl sites for hydroxylation is 6. The van der Waals surface area contributed by atoms with Crippen molar-refractivity contribution in [1.82, 2.24) is 45.3 Å². The van der Waals surface area contributed by atoms with Crippen molar-refractivity contribution in [3.05, 3.63) is 246 Å². The molecule has 0 saturated heterocycles. The van der Waals surface area contributed by atoms with Gasteiger partial charge < -0.3 is 50.7 Å². The molecule has 25 nitrogen and oxygen atoms in total. The van der Waals surface area contributed by atoms with Gasteiger partial charge in [0.25, 0.3) is 27.8 Å². The Morgan fingerprint density at radius 2 is 0.755 bits per heavy atom. The van der Waals surface area contributed by atoms with Crippen LogP contribution < -0.4 is 60.2 Å². The van der Waals surface area contributed by atoms with E-state index >= 15 is 0 Å². The number of fused-ring (bicyclic) bond motifs is 3. The van der Waals surface area contributed by atoms with E-state index in [1.807, 2.05) is 116 Å². The summed E-state index contributed by atoms with van der Waals surface area (Å²) in [5.74, 6) is 0.0367. The first-order chi connectivity index (χ1) is 51.8. The van der Waals surface area contributed by atoms with Crippen LogP contribution in [0.2, 0.25) is 0 Å². The minimum atomic E-state index is -3.43. The van der Waals surface area contributed by atoms with E-state index in [0.717, 1.165) is 100.0 Å². The van der Waals surface area contributed by atoms with E-state index in [9.17, 15) is 46.0 Å². The summed E-state index contributed by atoms with van der Waals surface area (Å²) >= 11 is 0. The first-order valence-corrected chi connectivity index (χ1v) is 37.9. The van der Waals surface area contributed by atoms with Gasteiger partial charge in [-0.3, -0.25) is 27.3 Å². The van der Waals surface area contributed by atoms with E-state index in [-0.39, 0.29) is 96.4 Å². The Balaban J connectivity index is 0.000000206. The monoisotopic (exact) mass is 1540 g/mol. The Morgan fingerprint density at radius 1 is 0.464 bits per heavy atom. The molecule has 0 fully saturated rings. The Kier molecular flexibility index (Phi) is 30.7. The van der Waals surface area contributed by atoms with Crippen molar-refractivity contribution in [1.29, 1.82) is 0 Å². The summed E-state index contributed by atoms with van der Waals surface area (Å²) in [6.45, 7) is 17.0. The molecule has 0 aliphatic carbocycles. The van der Waals surface area contributed by atoms with Gasteiger partial charge in [-0.1, -0.05) is 109 Å². The van der Waals surface area contributed by atoms with Crippen LogP contribution in [0.4, 0.5) is 26.2 Å². The van der Waals surface area contributed by atoms with Crippen LogP contribution in [-0.2, 0) is 82.3 Å². The van der Waals surface area contributed by atoms with Gasteiger partial charge >= 0.3 is 47.5 Å². The van der Waals surface area contributed by atoms with Gasteiger partial charge in [0.2, 0.25) is 0 Å². The van der Waals surface area contributed by atoms with Crippen molar-refractivity contribution < 1.29 is 99.8 Å². The Bertz CT molecular complexity index is 4800. The van der Waals surface area contributed by atoms with E-state index in [1.165, 1.54) is 26.4 Å². The molecule has 0 saturated carbocycles. The van der Waals surface area contributed by atoms with Gasteiger partial charge in [-0.05, 0) is 167 Å². The van der Waals surface area contributed by atoms with Gasteiger partial charge in [0, 0.05) is 39.3 Å². The van der Waals surface area contributed by atoms with Crippen LogP contribution >= 0.6 is 0 Å². The van der Waals surface area contributed by atoms with Crippen LogP contribution in [0.1, 0.15) is 187 Å². The van der Waals surface area contributed by atoms with Gasteiger partial charge in [-0.25, -0.2) is 28.4 Å². The number of carboxylic acid groups (broad SMARTS) is 1. The number of alkyl halides is 2. The molecule has 3 aliphatic rings. The van der Waals surface area contributed by atoms with Crippen LogP contribution in [0.25, 0.3) is 0 Å². The molecular formula is C81H95F2N12NaO13S. The molecule has 0 bridgehead atoms. The fraction of sp³-hybridized carbons (Fsp3) is 0.370. The quantitative estimate of drug-likeness (QED) is 0.0147. The number of carboxylic acids is 1. The van der Waals surface area contributed by atoms with Crippen molar-refractivity contribution in [3.63, 3.8) is 0 Å². The van der Waals surface area contributed by atoms with Crippen molar-refractivity contribution in [2.24, 2.45) is 0 Å². The maximum Gasteiger partial charge on any atom is 1.00 e. The molecule has 110 heavy (non-hydrogen) atoms. The second-order valence-corrected chi connectivity index (χ2v) is 28.8. The van der Waals surface area contributed by atoms with Gasteiger partial charge in [0.05, 0.1) is 112 Å². The summed E-state index contributed by atoms with van der Waals surface area (Å²) in [6.07, 6.45) is 4.81. The number of halogens is 2. The number of rotatable bonds is 29. The number of carbonyl (C=O) groups excluding carboxylic acids is 5. The summed E-state index contributed by atoms with van der Waals surface area (Å²) in [6, 6.07) is 44.1. The first kappa shape index (κ1) is 85.5. The maximum absolute atomic E-state index is 13.4. The molecule has 0 spiro atoms. The Hall–Kier alpha value is -10.1. The Morgan fingerprint density at radius 3 is 1.04 bits per heavy atom. The summed E-state index contributed by atoms with van der Waals surface area (Å²) in [4.78, 5) is 81.1. The minimum absolute atomic E-state index is 0. The number of nitrogens with one attached hydrogen (secondary N) is 3. The number of aromatic carboxylic acids is 1. The van der Waals surface area contributed by atoms with Gasteiger partial charge in [0.15, 0.2) is 0 Å². The van der Waals surface area contributed by atoms with E-state index in [4.69, 9.17) is 18.8 Å². The molecule has 0 radical (unpaired) electrons.